The molecule has 1 aliphatic rings. The maximum Gasteiger partial charge on any atom is 0.257 e. The fourth-order valence-corrected chi connectivity index (χ4v) is 1.86. The predicted molar refractivity (Wildman–Crippen MR) is 67.5 cm³/mol. The average Bonchev–Trinajstić information content (AvgIpc) is 2.39. The predicted octanol–water partition coefficient (Wildman–Crippen LogP) is 1.29. The first-order chi connectivity index (χ1) is 8.18. The zero-order valence-corrected chi connectivity index (χ0v) is 10.4. The van der Waals surface area contributed by atoms with Crippen LogP contribution in [0.15, 0.2) is 24.3 Å². The number of ether oxygens (including phenoxy) is 1. The highest BCUT2D eigenvalue weighted by molar-refractivity contribution is 6.30. The fourth-order valence-electron chi connectivity index (χ4n) is 1.73. The van der Waals surface area contributed by atoms with Crippen molar-refractivity contribution in [3.8, 4) is 0 Å². The highest BCUT2D eigenvalue weighted by atomic mass is 35.5. The van der Waals surface area contributed by atoms with E-state index in [9.17, 15) is 4.79 Å². The minimum absolute atomic E-state index is 0.0421. The van der Waals surface area contributed by atoms with Gasteiger partial charge in [-0.1, -0.05) is 11.6 Å². The number of hydrogen-bond acceptors (Lipinski definition) is 3. The van der Waals surface area contributed by atoms with Crippen LogP contribution >= 0.6 is 11.6 Å². The van der Waals surface area contributed by atoms with Gasteiger partial charge in [0.15, 0.2) is 0 Å². The number of nitrogens with one attached hydrogen (secondary N) is 1. The number of nitrogens with zero attached hydrogens (tertiary/aromatic N) is 1. The lowest BCUT2D eigenvalue weighted by molar-refractivity contribution is -0.131. The van der Waals surface area contributed by atoms with E-state index in [4.69, 9.17) is 16.3 Å². The van der Waals surface area contributed by atoms with Crippen molar-refractivity contribution in [1.29, 1.82) is 0 Å². The molecule has 0 radical (unpaired) electrons. The Kier molecular flexibility index (Phi) is 3.99. The number of hydrogen-bond donors (Lipinski definition) is 1. The molecule has 2 rings (SSSR count). The minimum Gasteiger partial charge on any atom is -0.366 e. The molecule has 1 unspecified atom stereocenters. The summed E-state index contributed by atoms with van der Waals surface area (Å²) in [6.07, 6.45) is -0.399. The van der Waals surface area contributed by atoms with Crippen LogP contribution in [0.3, 0.4) is 0 Å². The van der Waals surface area contributed by atoms with Gasteiger partial charge in [-0.2, -0.15) is 0 Å². The zero-order chi connectivity index (χ0) is 12.3. The van der Waals surface area contributed by atoms with Crippen molar-refractivity contribution < 1.29 is 9.53 Å². The summed E-state index contributed by atoms with van der Waals surface area (Å²) in [7, 11) is 1.74. The van der Waals surface area contributed by atoms with Gasteiger partial charge in [0.05, 0.1) is 6.61 Å². The molecule has 0 saturated carbocycles. The standard InChI is InChI=1S/C12H15ClN2O2/c1-15(10-4-2-9(13)3-5-10)12(16)11-8-14-6-7-17-11/h2-5,11,14H,6-8H2,1H3. The van der Waals surface area contributed by atoms with Gasteiger partial charge in [-0.05, 0) is 24.3 Å². The van der Waals surface area contributed by atoms with Crippen LogP contribution in [0.1, 0.15) is 0 Å². The van der Waals surface area contributed by atoms with Crippen LogP contribution in [-0.4, -0.2) is 38.8 Å². The first-order valence-corrected chi connectivity index (χ1v) is 5.92. The molecule has 1 aromatic rings. The first-order valence-electron chi connectivity index (χ1n) is 5.54. The Labute approximate surface area is 106 Å². The molecule has 1 N–H and O–H groups in total. The minimum atomic E-state index is -0.399. The van der Waals surface area contributed by atoms with Crippen LogP contribution < -0.4 is 10.2 Å². The molecule has 17 heavy (non-hydrogen) atoms. The van der Waals surface area contributed by atoms with Gasteiger partial charge in [0.25, 0.3) is 5.91 Å². The van der Waals surface area contributed by atoms with Crippen molar-refractivity contribution in [2.75, 3.05) is 31.6 Å². The van der Waals surface area contributed by atoms with Crippen molar-refractivity contribution in [1.82, 2.24) is 5.32 Å². The van der Waals surface area contributed by atoms with E-state index in [-0.39, 0.29) is 5.91 Å². The molecule has 0 spiro atoms. The SMILES string of the molecule is CN(C(=O)C1CNCCO1)c1ccc(Cl)cc1. The molecule has 1 amide bonds. The third kappa shape index (κ3) is 2.97. The van der Waals surface area contributed by atoms with E-state index in [0.717, 1.165) is 12.2 Å². The molecule has 1 aromatic carbocycles. The molecular formula is C12H15ClN2O2. The fraction of sp³-hybridized carbons (Fsp3) is 0.417. The van der Waals surface area contributed by atoms with Crippen LogP contribution in [-0.2, 0) is 9.53 Å². The van der Waals surface area contributed by atoms with Crippen molar-refractivity contribution in [2.24, 2.45) is 0 Å². The van der Waals surface area contributed by atoms with Crippen LogP contribution in [0.4, 0.5) is 5.69 Å². The van der Waals surface area contributed by atoms with Gasteiger partial charge in [0.2, 0.25) is 0 Å². The van der Waals surface area contributed by atoms with E-state index in [2.05, 4.69) is 5.32 Å². The highest BCUT2D eigenvalue weighted by Gasteiger charge is 2.25. The molecule has 0 bridgehead atoms. The lowest BCUT2D eigenvalue weighted by atomic mass is 10.2. The maximum absolute atomic E-state index is 12.1. The molecule has 1 fully saturated rings. The lowest BCUT2D eigenvalue weighted by Crippen LogP contribution is -2.48. The second-order valence-electron chi connectivity index (χ2n) is 3.94. The van der Waals surface area contributed by atoms with Crippen LogP contribution in [0, 0.1) is 0 Å². The Morgan fingerprint density at radius 3 is 2.76 bits per heavy atom. The number of carbonyl (C=O) groups excluding carboxylic acids is 1. The molecule has 5 heteroatoms. The van der Waals surface area contributed by atoms with Crippen LogP contribution in [0.25, 0.3) is 0 Å². The number of rotatable bonds is 2. The molecule has 1 saturated heterocycles. The van der Waals surface area contributed by atoms with Crippen LogP contribution in [0.2, 0.25) is 5.02 Å². The van der Waals surface area contributed by atoms with Crippen molar-refractivity contribution >= 4 is 23.2 Å². The van der Waals surface area contributed by atoms with Crippen LogP contribution in [0.5, 0.6) is 0 Å². The monoisotopic (exact) mass is 254 g/mol. The van der Waals surface area contributed by atoms with E-state index in [0.29, 0.717) is 18.2 Å². The molecule has 0 aliphatic carbocycles. The zero-order valence-electron chi connectivity index (χ0n) is 9.65. The lowest BCUT2D eigenvalue weighted by Gasteiger charge is -2.27. The van der Waals surface area contributed by atoms with E-state index in [1.807, 2.05) is 12.1 Å². The number of anilines is 1. The number of amides is 1. The highest BCUT2D eigenvalue weighted by Crippen LogP contribution is 2.18. The van der Waals surface area contributed by atoms with Gasteiger partial charge >= 0.3 is 0 Å². The van der Waals surface area contributed by atoms with Crippen molar-refractivity contribution in [2.45, 2.75) is 6.10 Å². The normalized spacial score (nSPS) is 20.0. The largest absolute Gasteiger partial charge is 0.366 e. The van der Waals surface area contributed by atoms with Gasteiger partial charge in [-0.25, -0.2) is 0 Å². The van der Waals surface area contributed by atoms with E-state index >= 15 is 0 Å². The molecule has 1 aliphatic heterocycles. The first kappa shape index (κ1) is 12.4. The summed E-state index contributed by atoms with van der Waals surface area (Å²) in [5.74, 6) is -0.0421. The number of benzene rings is 1. The summed E-state index contributed by atoms with van der Waals surface area (Å²) in [6.45, 7) is 1.94. The quantitative estimate of drug-likeness (QED) is 0.865. The van der Waals surface area contributed by atoms with Gasteiger partial charge in [0, 0.05) is 30.8 Å². The average molecular weight is 255 g/mol. The molecule has 1 heterocycles. The van der Waals surface area contributed by atoms with Crippen molar-refractivity contribution in [3.05, 3.63) is 29.3 Å². The third-order valence-corrected chi connectivity index (χ3v) is 3.00. The Hall–Kier alpha value is -1.10. The number of halogens is 1. The molecule has 0 aromatic heterocycles. The second-order valence-corrected chi connectivity index (χ2v) is 4.37. The van der Waals surface area contributed by atoms with E-state index < -0.39 is 6.10 Å². The summed E-state index contributed by atoms with van der Waals surface area (Å²) in [6, 6.07) is 7.16. The summed E-state index contributed by atoms with van der Waals surface area (Å²) < 4.78 is 5.43. The van der Waals surface area contributed by atoms with Gasteiger partial charge in [-0.15, -0.1) is 0 Å². The maximum atomic E-state index is 12.1. The number of likely N-dealkylation sites (N-methyl/N-ethyl adjacent to an activating group) is 1. The van der Waals surface area contributed by atoms with E-state index in [1.54, 1.807) is 24.1 Å². The Morgan fingerprint density at radius 1 is 1.47 bits per heavy atom. The van der Waals surface area contributed by atoms with E-state index in [1.165, 1.54) is 0 Å². The summed E-state index contributed by atoms with van der Waals surface area (Å²) in [4.78, 5) is 13.7. The summed E-state index contributed by atoms with van der Waals surface area (Å²) >= 11 is 5.81. The Morgan fingerprint density at radius 2 is 2.18 bits per heavy atom. The molecule has 4 nitrogen and oxygen atoms in total. The Bertz CT molecular complexity index is 388. The molecular weight excluding hydrogens is 240 g/mol. The second kappa shape index (κ2) is 5.49. The number of carbonyl (C=O) groups is 1. The third-order valence-electron chi connectivity index (χ3n) is 2.75. The molecule has 92 valence electrons. The summed E-state index contributed by atoms with van der Waals surface area (Å²) in [5, 5.41) is 3.80. The number of morpholine rings is 1. The van der Waals surface area contributed by atoms with Gasteiger partial charge in [0.1, 0.15) is 6.10 Å². The molecule has 1 atom stereocenters. The van der Waals surface area contributed by atoms with Gasteiger partial charge < -0.3 is 15.0 Å². The van der Waals surface area contributed by atoms with Gasteiger partial charge in [-0.3, -0.25) is 4.79 Å². The topological polar surface area (TPSA) is 41.6 Å². The Balaban J connectivity index is 2.05. The summed E-state index contributed by atoms with van der Waals surface area (Å²) in [5.41, 5.74) is 0.813. The smallest absolute Gasteiger partial charge is 0.257 e. The van der Waals surface area contributed by atoms with Crippen molar-refractivity contribution in [3.63, 3.8) is 0 Å².